The molecule has 0 bridgehead atoms. The van der Waals surface area contributed by atoms with Crippen molar-refractivity contribution in [2.24, 2.45) is 7.05 Å². The normalized spacial score (nSPS) is 10.8. The second-order valence-corrected chi connectivity index (χ2v) is 5.05. The van der Waals surface area contributed by atoms with Gasteiger partial charge in [-0.3, -0.25) is 4.57 Å². The first kappa shape index (κ1) is 14.3. The van der Waals surface area contributed by atoms with E-state index in [0.29, 0.717) is 12.2 Å². The van der Waals surface area contributed by atoms with Crippen LogP contribution in [0.4, 0.5) is 5.69 Å². The maximum absolute atomic E-state index is 11.4. The molecule has 1 heterocycles. The van der Waals surface area contributed by atoms with E-state index in [2.05, 4.69) is 5.32 Å². The second kappa shape index (κ2) is 6.39. The highest BCUT2D eigenvalue weighted by Crippen LogP contribution is 2.17. The number of hydrogen-bond acceptors (Lipinski definition) is 4. The van der Waals surface area contributed by atoms with Crippen molar-refractivity contribution >= 4 is 16.8 Å². The van der Waals surface area contributed by atoms with Crippen LogP contribution < -0.4 is 15.8 Å². The Balaban J connectivity index is 1.51. The van der Waals surface area contributed by atoms with Gasteiger partial charge in [0.1, 0.15) is 5.75 Å². The topological polar surface area (TPSA) is 56.4 Å². The van der Waals surface area contributed by atoms with Crippen molar-refractivity contribution in [1.82, 2.24) is 4.57 Å². The lowest BCUT2D eigenvalue weighted by Crippen LogP contribution is -2.09. The summed E-state index contributed by atoms with van der Waals surface area (Å²) in [6.45, 7) is 1.45. The Labute approximate surface area is 128 Å². The van der Waals surface area contributed by atoms with Crippen molar-refractivity contribution < 1.29 is 9.15 Å². The zero-order valence-corrected chi connectivity index (χ0v) is 12.4. The minimum Gasteiger partial charge on any atom is -0.494 e. The summed E-state index contributed by atoms with van der Waals surface area (Å²) in [6.07, 6.45) is 0.886. The van der Waals surface area contributed by atoms with Crippen LogP contribution in [0.25, 0.3) is 11.1 Å². The lowest BCUT2D eigenvalue weighted by atomic mass is 10.2. The fourth-order valence-corrected chi connectivity index (χ4v) is 2.25. The van der Waals surface area contributed by atoms with Gasteiger partial charge in [0.15, 0.2) is 5.58 Å². The Morgan fingerprint density at radius 3 is 2.82 bits per heavy atom. The van der Waals surface area contributed by atoms with Crippen molar-refractivity contribution in [3.63, 3.8) is 0 Å². The van der Waals surface area contributed by atoms with Crippen LogP contribution in [0, 0.1) is 0 Å². The van der Waals surface area contributed by atoms with Crippen molar-refractivity contribution in [1.29, 1.82) is 0 Å². The van der Waals surface area contributed by atoms with Gasteiger partial charge in [-0.15, -0.1) is 0 Å². The Hall–Kier alpha value is -2.69. The average molecular weight is 298 g/mol. The van der Waals surface area contributed by atoms with Gasteiger partial charge in [-0.1, -0.05) is 18.2 Å². The van der Waals surface area contributed by atoms with E-state index in [1.807, 2.05) is 42.5 Å². The highest BCUT2D eigenvalue weighted by molar-refractivity contribution is 5.77. The number of nitrogens with zero attached hydrogens (tertiary/aromatic N) is 1. The highest BCUT2D eigenvalue weighted by Gasteiger charge is 2.05. The Morgan fingerprint density at radius 2 is 2.00 bits per heavy atom. The van der Waals surface area contributed by atoms with Gasteiger partial charge in [-0.25, -0.2) is 4.79 Å². The summed E-state index contributed by atoms with van der Waals surface area (Å²) >= 11 is 0. The number of benzene rings is 2. The number of rotatable bonds is 6. The van der Waals surface area contributed by atoms with E-state index < -0.39 is 0 Å². The molecule has 0 radical (unpaired) electrons. The molecule has 5 nitrogen and oxygen atoms in total. The minimum absolute atomic E-state index is 0.344. The first-order valence-electron chi connectivity index (χ1n) is 7.25. The van der Waals surface area contributed by atoms with E-state index in [-0.39, 0.29) is 5.76 Å². The number of aryl methyl sites for hydroxylation is 1. The van der Waals surface area contributed by atoms with Crippen molar-refractivity contribution in [3.8, 4) is 5.75 Å². The molecule has 114 valence electrons. The van der Waals surface area contributed by atoms with Gasteiger partial charge in [0, 0.05) is 19.3 Å². The molecule has 0 aliphatic heterocycles. The molecule has 0 saturated heterocycles. The Morgan fingerprint density at radius 1 is 1.18 bits per heavy atom. The van der Waals surface area contributed by atoms with Gasteiger partial charge in [0.2, 0.25) is 0 Å². The van der Waals surface area contributed by atoms with E-state index in [4.69, 9.17) is 9.15 Å². The van der Waals surface area contributed by atoms with Crippen molar-refractivity contribution in [2.45, 2.75) is 6.42 Å². The summed E-state index contributed by atoms with van der Waals surface area (Å²) in [5.74, 6) is 0.542. The van der Waals surface area contributed by atoms with Crippen LogP contribution in [-0.2, 0) is 7.05 Å². The third-order valence-corrected chi connectivity index (χ3v) is 3.45. The molecule has 0 aliphatic carbocycles. The third kappa shape index (κ3) is 3.14. The predicted octanol–water partition coefficient (Wildman–Crippen LogP) is 3.01. The van der Waals surface area contributed by atoms with Crippen LogP contribution in [-0.4, -0.2) is 17.7 Å². The molecule has 5 heteroatoms. The summed E-state index contributed by atoms with van der Waals surface area (Å²) in [7, 11) is 1.70. The van der Waals surface area contributed by atoms with Crippen LogP contribution in [0.3, 0.4) is 0 Å². The maximum Gasteiger partial charge on any atom is 0.419 e. The summed E-state index contributed by atoms with van der Waals surface area (Å²) in [5, 5.41) is 3.32. The smallest absolute Gasteiger partial charge is 0.419 e. The van der Waals surface area contributed by atoms with Gasteiger partial charge in [-0.05, 0) is 36.8 Å². The monoisotopic (exact) mass is 298 g/mol. The van der Waals surface area contributed by atoms with E-state index >= 15 is 0 Å². The number of fused-ring (bicyclic) bond motifs is 1. The van der Waals surface area contributed by atoms with Crippen LogP contribution >= 0.6 is 0 Å². The van der Waals surface area contributed by atoms with Gasteiger partial charge in [0.25, 0.3) is 0 Å². The largest absolute Gasteiger partial charge is 0.494 e. The zero-order chi connectivity index (χ0) is 15.4. The molecule has 0 atom stereocenters. The van der Waals surface area contributed by atoms with Crippen LogP contribution in [0.2, 0.25) is 0 Å². The van der Waals surface area contributed by atoms with Crippen molar-refractivity contribution in [3.05, 3.63) is 59.1 Å². The fourth-order valence-electron chi connectivity index (χ4n) is 2.25. The maximum atomic E-state index is 11.4. The Bertz CT molecular complexity index is 806. The van der Waals surface area contributed by atoms with Crippen LogP contribution in [0.5, 0.6) is 5.75 Å². The standard InChI is InChI=1S/C17H18N2O3/c1-19-15-12-13(8-9-16(15)22-17(19)20)18-10-5-11-21-14-6-3-2-4-7-14/h2-4,6-9,12,18H,5,10-11H2,1H3. The first-order chi connectivity index (χ1) is 10.7. The third-order valence-electron chi connectivity index (χ3n) is 3.45. The molecule has 0 aliphatic rings. The lowest BCUT2D eigenvalue weighted by molar-refractivity contribution is 0.315. The molecule has 3 rings (SSSR count). The number of oxazole rings is 1. The molecule has 0 amide bonds. The SMILES string of the molecule is Cn1c(=O)oc2ccc(NCCCOc3ccccc3)cc21. The fraction of sp³-hybridized carbons (Fsp3) is 0.235. The molecule has 2 aromatic carbocycles. The number of nitrogens with one attached hydrogen (secondary N) is 1. The second-order valence-electron chi connectivity index (χ2n) is 5.05. The number of para-hydroxylation sites is 1. The van der Waals surface area contributed by atoms with Gasteiger partial charge < -0.3 is 14.5 Å². The lowest BCUT2D eigenvalue weighted by Gasteiger charge is -2.08. The van der Waals surface area contributed by atoms with E-state index in [0.717, 1.165) is 29.9 Å². The van der Waals surface area contributed by atoms with Gasteiger partial charge in [-0.2, -0.15) is 0 Å². The number of hydrogen-bond donors (Lipinski definition) is 1. The molecule has 22 heavy (non-hydrogen) atoms. The summed E-state index contributed by atoms with van der Waals surface area (Å²) in [6, 6.07) is 15.4. The van der Waals surface area contributed by atoms with Gasteiger partial charge in [0.05, 0.1) is 12.1 Å². The summed E-state index contributed by atoms with van der Waals surface area (Å²) in [4.78, 5) is 11.4. The van der Waals surface area contributed by atoms with E-state index in [1.165, 1.54) is 4.57 Å². The average Bonchev–Trinajstić information content (AvgIpc) is 2.83. The molecular formula is C17H18N2O3. The first-order valence-corrected chi connectivity index (χ1v) is 7.25. The molecule has 3 aromatic rings. The molecule has 0 fully saturated rings. The quantitative estimate of drug-likeness (QED) is 0.711. The zero-order valence-electron chi connectivity index (χ0n) is 12.4. The molecule has 1 N–H and O–H groups in total. The number of aromatic nitrogens is 1. The molecular weight excluding hydrogens is 280 g/mol. The summed E-state index contributed by atoms with van der Waals surface area (Å²) < 4.78 is 12.2. The van der Waals surface area contributed by atoms with E-state index in [9.17, 15) is 4.79 Å². The Kier molecular flexibility index (Phi) is 4.14. The number of ether oxygens (including phenoxy) is 1. The highest BCUT2D eigenvalue weighted by atomic mass is 16.5. The van der Waals surface area contributed by atoms with E-state index in [1.54, 1.807) is 13.1 Å². The molecule has 0 unspecified atom stereocenters. The van der Waals surface area contributed by atoms with Crippen molar-refractivity contribution in [2.75, 3.05) is 18.5 Å². The molecule has 0 saturated carbocycles. The van der Waals surface area contributed by atoms with Crippen LogP contribution in [0.15, 0.2) is 57.7 Å². The summed E-state index contributed by atoms with van der Waals surface area (Å²) in [5.41, 5.74) is 2.35. The number of anilines is 1. The molecule has 1 aromatic heterocycles. The van der Waals surface area contributed by atoms with Gasteiger partial charge >= 0.3 is 5.76 Å². The predicted molar refractivity (Wildman–Crippen MR) is 86.5 cm³/mol. The minimum atomic E-state index is -0.344. The molecule has 0 spiro atoms. The van der Waals surface area contributed by atoms with Crippen LogP contribution in [0.1, 0.15) is 6.42 Å².